The molecule has 2 saturated heterocycles. The summed E-state index contributed by atoms with van der Waals surface area (Å²) in [6.45, 7) is 2.21. The molecule has 25 heavy (non-hydrogen) atoms. The molecule has 0 radical (unpaired) electrons. The number of likely N-dealkylation sites (tertiary alicyclic amines) is 1. The van der Waals surface area contributed by atoms with E-state index in [0.717, 1.165) is 49.0 Å². The fourth-order valence-corrected chi connectivity index (χ4v) is 3.79. The van der Waals surface area contributed by atoms with Crippen LogP contribution in [0.1, 0.15) is 37.3 Å². The van der Waals surface area contributed by atoms with Gasteiger partial charge < -0.3 is 9.64 Å². The predicted octanol–water partition coefficient (Wildman–Crippen LogP) is 2.42. The van der Waals surface area contributed by atoms with Gasteiger partial charge in [0, 0.05) is 49.8 Å². The number of carbonyl (C=O) groups excluding carboxylic acids is 1. The highest BCUT2D eigenvalue weighted by molar-refractivity contribution is 5.81. The molecule has 2 atom stereocenters. The van der Waals surface area contributed by atoms with Crippen molar-refractivity contribution < 1.29 is 9.53 Å². The summed E-state index contributed by atoms with van der Waals surface area (Å²) in [4.78, 5) is 27.5. The third-order valence-electron chi connectivity index (χ3n) is 5.06. The minimum absolute atomic E-state index is 0.140. The normalized spacial score (nSPS) is 23.6. The zero-order valence-electron chi connectivity index (χ0n) is 14.2. The molecule has 0 aromatic carbocycles. The van der Waals surface area contributed by atoms with Crippen LogP contribution in [0.2, 0.25) is 0 Å². The number of ether oxygens (including phenoxy) is 1. The quantitative estimate of drug-likeness (QED) is 0.860. The second-order valence-corrected chi connectivity index (χ2v) is 6.68. The molecule has 6 heteroatoms. The van der Waals surface area contributed by atoms with Crippen molar-refractivity contribution in [3.63, 3.8) is 0 Å². The Bertz CT molecular complexity index is 731. The van der Waals surface area contributed by atoms with Gasteiger partial charge in [-0.05, 0) is 43.4 Å². The van der Waals surface area contributed by atoms with E-state index < -0.39 is 0 Å². The van der Waals surface area contributed by atoms with Gasteiger partial charge in [-0.2, -0.15) is 0 Å². The fourth-order valence-electron chi connectivity index (χ4n) is 3.79. The molecule has 4 rings (SSSR count). The van der Waals surface area contributed by atoms with E-state index in [9.17, 15) is 4.79 Å². The first-order chi connectivity index (χ1) is 12.3. The van der Waals surface area contributed by atoms with Crippen LogP contribution in [0.25, 0.3) is 11.1 Å². The summed E-state index contributed by atoms with van der Waals surface area (Å²) < 4.78 is 5.58. The lowest BCUT2D eigenvalue weighted by molar-refractivity contribution is -0.142. The third kappa shape index (κ3) is 3.39. The van der Waals surface area contributed by atoms with Crippen LogP contribution in [-0.2, 0) is 9.53 Å². The van der Waals surface area contributed by atoms with Crippen LogP contribution in [0.4, 0.5) is 0 Å². The maximum Gasteiger partial charge on any atom is 0.251 e. The molecule has 0 bridgehead atoms. The van der Waals surface area contributed by atoms with Crippen LogP contribution in [0, 0.1) is 0 Å². The minimum Gasteiger partial charge on any atom is -0.368 e. The first-order valence-electron chi connectivity index (χ1n) is 8.93. The lowest BCUT2D eigenvalue weighted by Crippen LogP contribution is -2.44. The molecule has 2 aromatic rings. The molecule has 4 heterocycles. The number of aromatic nitrogens is 3. The van der Waals surface area contributed by atoms with Crippen LogP contribution >= 0.6 is 0 Å². The first-order valence-corrected chi connectivity index (χ1v) is 8.93. The fraction of sp³-hybridized carbons (Fsp3) is 0.474. The van der Waals surface area contributed by atoms with E-state index in [1.165, 1.54) is 0 Å². The van der Waals surface area contributed by atoms with Gasteiger partial charge in [-0.3, -0.25) is 9.78 Å². The number of nitrogens with zero attached hydrogens (tertiary/aromatic N) is 4. The van der Waals surface area contributed by atoms with Crippen molar-refractivity contribution in [3.05, 3.63) is 42.7 Å². The molecular formula is C19H22N4O2. The van der Waals surface area contributed by atoms with Crippen LogP contribution in [-0.4, -0.2) is 51.6 Å². The van der Waals surface area contributed by atoms with Crippen LogP contribution in [0.3, 0.4) is 0 Å². The second-order valence-electron chi connectivity index (χ2n) is 6.68. The Kier molecular flexibility index (Phi) is 4.70. The molecule has 0 unspecified atom stereocenters. The number of rotatable bonds is 3. The Morgan fingerprint density at radius 2 is 2.04 bits per heavy atom. The van der Waals surface area contributed by atoms with Crippen LogP contribution in [0.5, 0.6) is 0 Å². The maximum atomic E-state index is 12.7. The Morgan fingerprint density at radius 1 is 1.16 bits per heavy atom. The number of hydrogen-bond donors (Lipinski definition) is 0. The Labute approximate surface area is 147 Å². The summed E-state index contributed by atoms with van der Waals surface area (Å²) in [5, 5.41) is 0. The average molecular weight is 338 g/mol. The number of piperidine rings is 1. The van der Waals surface area contributed by atoms with Gasteiger partial charge in [0.25, 0.3) is 5.91 Å². The van der Waals surface area contributed by atoms with E-state index in [4.69, 9.17) is 4.74 Å². The summed E-state index contributed by atoms with van der Waals surface area (Å²) in [5.41, 5.74) is 3.11. The number of hydrogen-bond acceptors (Lipinski definition) is 5. The number of amides is 1. The standard InChI is InChI=1S/C19H22N4O2/c24-19(17-4-2-10-25-17)23-9-1-3-15(12-23)18-16(11-21-13-22-18)14-5-7-20-8-6-14/h5-8,11,13,15,17H,1-4,9-10,12H2/t15-,17-/m0/s1. The Balaban J connectivity index is 1.57. The van der Waals surface area contributed by atoms with E-state index in [1.54, 1.807) is 18.7 Å². The van der Waals surface area contributed by atoms with Crippen molar-refractivity contribution in [2.45, 2.75) is 37.7 Å². The maximum absolute atomic E-state index is 12.7. The number of carbonyl (C=O) groups is 1. The molecular weight excluding hydrogens is 316 g/mol. The second kappa shape index (κ2) is 7.27. The molecule has 6 nitrogen and oxygen atoms in total. The molecule has 2 fully saturated rings. The largest absolute Gasteiger partial charge is 0.368 e. The lowest BCUT2D eigenvalue weighted by Gasteiger charge is -2.34. The van der Waals surface area contributed by atoms with Gasteiger partial charge in [-0.15, -0.1) is 0 Å². The molecule has 0 spiro atoms. The first kappa shape index (κ1) is 16.1. The Morgan fingerprint density at radius 3 is 2.84 bits per heavy atom. The van der Waals surface area contributed by atoms with E-state index in [1.807, 2.05) is 23.2 Å². The molecule has 0 saturated carbocycles. The Hall–Kier alpha value is -2.34. The van der Waals surface area contributed by atoms with E-state index in [2.05, 4.69) is 15.0 Å². The highest BCUT2D eigenvalue weighted by atomic mass is 16.5. The van der Waals surface area contributed by atoms with Crippen molar-refractivity contribution in [1.29, 1.82) is 0 Å². The highest BCUT2D eigenvalue weighted by Crippen LogP contribution is 2.33. The van der Waals surface area contributed by atoms with E-state index in [-0.39, 0.29) is 17.9 Å². The van der Waals surface area contributed by atoms with Crippen molar-refractivity contribution in [2.24, 2.45) is 0 Å². The minimum atomic E-state index is -0.246. The summed E-state index contributed by atoms with van der Waals surface area (Å²) >= 11 is 0. The van der Waals surface area contributed by atoms with Crippen LogP contribution in [0.15, 0.2) is 37.1 Å². The van der Waals surface area contributed by atoms with Gasteiger partial charge in [0.05, 0.1) is 5.69 Å². The molecule has 2 aromatic heterocycles. The van der Waals surface area contributed by atoms with Crippen molar-refractivity contribution in [1.82, 2.24) is 19.9 Å². The molecule has 0 aliphatic carbocycles. The highest BCUT2D eigenvalue weighted by Gasteiger charge is 2.33. The molecule has 1 amide bonds. The van der Waals surface area contributed by atoms with Gasteiger partial charge in [0.1, 0.15) is 12.4 Å². The van der Waals surface area contributed by atoms with Gasteiger partial charge in [0.2, 0.25) is 0 Å². The summed E-state index contributed by atoms with van der Waals surface area (Å²) in [7, 11) is 0. The zero-order valence-corrected chi connectivity index (χ0v) is 14.2. The predicted molar refractivity (Wildman–Crippen MR) is 92.8 cm³/mol. The van der Waals surface area contributed by atoms with Crippen molar-refractivity contribution in [3.8, 4) is 11.1 Å². The molecule has 130 valence electrons. The lowest BCUT2D eigenvalue weighted by atomic mass is 9.90. The monoisotopic (exact) mass is 338 g/mol. The smallest absolute Gasteiger partial charge is 0.251 e. The zero-order chi connectivity index (χ0) is 17.1. The van der Waals surface area contributed by atoms with E-state index >= 15 is 0 Å². The molecule has 2 aliphatic rings. The molecule has 0 N–H and O–H groups in total. The van der Waals surface area contributed by atoms with Crippen molar-refractivity contribution >= 4 is 5.91 Å². The molecule has 2 aliphatic heterocycles. The van der Waals surface area contributed by atoms with E-state index in [0.29, 0.717) is 13.2 Å². The summed E-state index contributed by atoms with van der Waals surface area (Å²) in [6, 6.07) is 3.95. The van der Waals surface area contributed by atoms with Gasteiger partial charge in [-0.1, -0.05) is 0 Å². The SMILES string of the molecule is O=C([C@@H]1CCCO1)N1CCC[C@H](c2ncncc2-c2ccncc2)C1. The van der Waals surface area contributed by atoms with Crippen LogP contribution < -0.4 is 0 Å². The van der Waals surface area contributed by atoms with Gasteiger partial charge in [-0.25, -0.2) is 9.97 Å². The number of pyridine rings is 1. The summed E-state index contributed by atoms with van der Waals surface area (Å²) in [5.74, 6) is 0.368. The average Bonchev–Trinajstić information content (AvgIpc) is 3.23. The topological polar surface area (TPSA) is 68.2 Å². The third-order valence-corrected chi connectivity index (χ3v) is 5.06. The van der Waals surface area contributed by atoms with Gasteiger partial charge >= 0.3 is 0 Å². The summed E-state index contributed by atoms with van der Waals surface area (Å²) in [6.07, 6.45) is 10.6. The van der Waals surface area contributed by atoms with Crippen molar-refractivity contribution in [2.75, 3.05) is 19.7 Å². The van der Waals surface area contributed by atoms with Gasteiger partial charge in [0.15, 0.2) is 0 Å².